The molecule has 2 rings (SSSR count). The van der Waals surface area contributed by atoms with Crippen molar-refractivity contribution >= 4 is 5.97 Å². The minimum atomic E-state index is -0.186. The fraction of sp³-hybridized carbons (Fsp3) is 0.533. The predicted octanol–water partition coefficient (Wildman–Crippen LogP) is 2.48. The van der Waals surface area contributed by atoms with Crippen LogP contribution in [0, 0.1) is 0 Å². The maximum absolute atomic E-state index is 12.1. The van der Waals surface area contributed by atoms with Gasteiger partial charge in [0.1, 0.15) is 0 Å². The van der Waals surface area contributed by atoms with Gasteiger partial charge in [-0.05, 0) is 24.9 Å². The maximum Gasteiger partial charge on any atom is 0.314 e. The van der Waals surface area contributed by atoms with E-state index in [4.69, 9.17) is 4.74 Å². The zero-order chi connectivity index (χ0) is 12.8. The van der Waals surface area contributed by atoms with Crippen LogP contribution in [0.15, 0.2) is 30.3 Å². The first kappa shape index (κ1) is 13.1. The molecular weight excluding hydrogens is 226 g/mol. The van der Waals surface area contributed by atoms with Crippen LogP contribution in [-0.4, -0.2) is 25.7 Å². The summed E-state index contributed by atoms with van der Waals surface area (Å²) < 4.78 is 4.98. The molecule has 1 heterocycles. The number of carbonyl (C=O) groups is 1. The largest absolute Gasteiger partial charge is 0.469 e. The molecule has 3 nitrogen and oxygen atoms in total. The van der Waals surface area contributed by atoms with E-state index in [-0.39, 0.29) is 17.9 Å². The molecule has 0 radical (unpaired) electrons. The molecule has 1 aliphatic heterocycles. The van der Waals surface area contributed by atoms with Crippen molar-refractivity contribution in [1.82, 2.24) is 5.32 Å². The minimum absolute atomic E-state index is 0.138. The van der Waals surface area contributed by atoms with E-state index < -0.39 is 0 Å². The Hall–Kier alpha value is -1.35. The van der Waals surface area contributed by atoms with Gasteiger partial charge >= 0.3 is 5.97 Å². The van der Waals surface area contributed by atoms with Crippen molar-refractivity contribution in [1.29, 1.82) is 0 Å². The third kappa shape index (κ3) is 3.10. The lowest BCUT2D eigenvalue weighted by Crippen LogP contribution is -2.38. The highest BCUT2D eigenvalue weighted by Crippen LogP contribution is 2.26. The Bertz CT molecular complexity index is 369. The number of hydrogen-bond donors (Lipinski definition) is 1. The zero-order valence-electron chi connectivity index (χ0n) is 10.9. The molecule has 1 saturated heterocycles. The molecule has 1 aliphatic rings. The normalized spacial score (nSPS) is 21.9. The van der Waals surface area contributed by atoms with E-state index in [9.17, 15) is 4.79 Å². The van der Waals surface area contributed by atoms with E-state index in [1.54, 1.807) is 0 Å². The fourth-order valence-electron chi connectivity index (χ4n) is 2.66. The summed E-state index contributed by atoms with van der Waals surface area (Å²) in [6.07, 6.45) is 4.65. The third-order valence-corrected chi connectivity index (χ3v) is 3.61. The molecule has 0 aliphatic carbocycles. The molecule has 0 spiro atoms. The van der Waals surface area contributed by atoms with Crippen LogP contribution < -0.4 is 5.32 Å². The van der Waals surface area contributed by atoms with Crippen molar-refractivity contribution in [3.63, 3.8) is 0 Å². The Balaban J connectivity index is 2.21. The van der Waals surface area contributed by atoms with Gasteiger partial charge < -0.3 is 10.1 Å². The number of rotatable bonds is 3. The van der Waals surface area contributed by atoms with E-state index in [0.717, 1.165) is 18.5 Å². The topological polar surface area (TPSA) is 38.3 Å². The van der Waals surface area contributed by atoms with Crippen LogP contribution >= 0.6 is 0 Å². The number of nitrogens with one attached hydrogen (secondary N) is 1. The summed E-state index contributed by atoms with van der Waals surface area (Å²) in [5.41, 5.74) is 1.05. The number of esters is 1. The summed E-state index contributed by atoms with van der Waals surface area (Å²) in [5, 5.41) is 3.49. The van der Waals surface area contributed by atoms with Crippen LogP contribution in [0.5, 0.6) is 0 Å². The molecule has 1 aromatic rings. The highest BCUT2D eigenvalue weighted by molar-refractivity contribution is 5.79. The fourth-order valence-corrected chi connectivity index (χ4v) is 2.66. The van der Waals surface area contributed by atoms with E-state index in [1.165, 1.54) is 26.4 Å². The van der Waals surface area contributed by atoms with E-state index in [2.05, 4.69) is 5.32 Å². The first-order valence-corrected chi connectivity index (χ1v) is 6.69. The second-order valence-corrected chi connectivity index (χ2v) is 4.82. The Labute approximate surface area is 109 Å². The first-order valence-electron chi connectivity index (χ1n) is 6.69. The van der Waals surface area contributed by atoms with Gasteiger partial charge in [-0.2, -0.15) is 0 Å². The van der Waals surface area contributed by atoms with E-state index >= 15 is 0 Å². The van der Waals surface area contributed by atoms with Gasteiger partial charge in [0.15, 0.2) is 0 Å². The van der Waals surface area contributed by atoms with Gasteiger partial charge in [-0.15, -0.1) is 0 Å². The van der Waals surface area contributed by atoms with Gasteiger partial charge in [-0.25, -0.2) is 0 Å². The molecule has 3 heteroatoms. The van der Waals surface area contributed by atoms with Gasteiger partial charge in [0.2, 0.25) is 0 Å². The monoisotopic (exact) mass is 247 g/mol. The Kier molecular flexibility index (Phi) is 4.76. The number of benzene rings is 1. The lowest BCUT2D eigenvalue weighted by atomic mass is 9.89. The van der Waals surface area contributed by atoms with Crippen molar-refractivity contribution in [3.8, 4) is 0 Å². The molecule has 2 unspecified atom stereocenters. The van der Waals surface area contributed by atoms with Gasteiger partial charge in [-0.1, -0.05) is 43.2 Å². The van der Waals surface area contributed by atoms with Crippen LogP contribution in [0.4, 0.5) is 0 Å². The summed E-state index contributed by atoms with van der Waals surface area (Å²) in [6.45, 7) is 0.991. The van der Waals surface area contributed by atoms with Crippen LogP contribution in [0.3, 0.4) is 0 Å². The Morgan fingerprint density at radius 2 is 2.06 bits per heavy atom. The Morgan fingerprint density at radius 3 is 2.78 bits per heavy atom. The standard InChI is InChI=1S/C15H21NO2/c1-18-15(17)14(12-8-4-2-5-9-12)13-10-6-3-7-11-16-13/h2,4-5,8-9,13-14,16H,3,6-7,10-11H2,1H3. The summed E-state index contributed by atoms with van der Waals surface area (Å²) in [7, 11) is 1.47. The molecular formula is C15H21NO2. The molecule has 0 bridgehead atoms. The van der Waals surface area contributed by atoms with E-state index in [1.807, 2.05) is 30.3 Å². The zero-order valence-corrected chi connectivity index (χ0v) is 10.9. The van der Waals surface area contributed by atoms with Gasteiger partial charge in [0, 0.05) is 6.04 Å². The van der Waals surface area contributed by atoms with Gasteiger partial charge in [-0.3, -0.25) is 4.79 Å². The number of ether oxygens (including phenoxy) is 1. The highest BCUT2D eigenvalue weighted by atomic mass is 16.5. The first-order chi connectivity index (χ1) is 8.83. The average molecular weight is 247 g/mol. The van der Waals surface area contributed by atoms with Crippen LogP contribution in [0.1, 0.15) is 37.2 Å². The molecule has 1 N–H and O–H groups in total. The predicted molar refractivity (Wildman–Crippen MR) is 71.5 cm³/mol. The number of carbonyl (C=O) groups excluding carboxylic acids is 1. The second-order valence-electron chi connectivity index (χ2n) is 4.82. The Morgan fingerprint density at radius 1 is 1.28 bits per heavy atom. The minimum Gasteiger partial charge on any atom is -0.469 e. The smallest absolute Gasteiger partial charge is 0.314 e. The SMILES string of the molecule is COC(=O)C(c1ccccc1)C1CCCCCN1. The molecule has 18 heavy (non-hydrogen) atoms. The molecule has 0 saturated carbocycles. The maximum atomic E-state index is 12.1. The van der Waals surface area contributed by atoms with Crippen molar-refractivity contribution in [3.05, 3.63) is 35.9 Å². The van der Waals surface area contributed by atoms with Crippen molar-refractivity contribution < 1.29 is 9.53 Å². The van der Waals surface area contributed by atoms with Gasteiger partial charge in [0.05, 0.1) is 13.0 Å². The highest BCUT2D eigenvalue weighted by Gasteiger charge is 2.30. The quantitative estimate of drug-likeness (QED) is 0.834. The van der Waals surface area contributed by atoms with Crippen LogP contribution in [0.2, 0.25) is 0 Å². The van der Waals surface area contributed by atoms with Crippen LogP contribution in [0.25, 0.3) is 0 Å². The van der Waals surface area contributed by atoms with E-state index in [0.29, 0.717) is 0 Å². The van der Waals surface area contributed by atoms with Crippen molar-refractivity contribution in [2.75, 3.05) is 13.7 Å². The average Bonchev–Trinajstić information content (AvgIpc) is 2.69. The number of methoxy groups -OCH3 is 1. The summed E-state index contributed by atoms with van der Waals surface area (Å²) >= 11 is 0. The van der Waals surface area contributed by atoms with Crippen molar-refractivity contribution in [2.24, 2.45) is 0 Å². The lowest BCUT2D eigenvalue weighted by molar-refractivity contribution is -0.143. The summed E-state index contributed by atoms with van der Waals surface area (Å²) in [4.78, 5) is 12.1. The third-order valence-electron chi connectivity index (χ3n) is 3.61. The molecule has 98 valence electrons. The molecule has 0 aromatic heterocycles. The summed E-state index contributed by atoms with van der Waals surface area (Å²) in [5.74, 6) is -0.324. The summed E-state index contributed by atoms with van der Waals surface area (Å²) in [6, 6.07) is 10.1. The van der Waals surface area contributed by atoms with Crippen molar-refractivity contribution in [2.45, 2.75) is 37.6 Å². The molecule has 0 amide bonds. The molecule has 1 fully saturated rings. The lowest BCUT2D eigenvalue weighted by Gasteiger charge is -2.25. The molecule has 1 aromatic carbocycles. The second kappa shape index (κ2) is 6.55. The molecule has 2 atom stereocenters. The van der Waals surface area contributed by atoms with Gasteiger partial charge in [0.25, 0.3) is 0 Å². The van der Waals surface area contributed by atoms with Crippen LogP contribution in [-0.2, 0) is 9.53 Å². The number of hydrogen-bond acceptors (Lipinski definition) is 3.